The lowest BCUT2D eigenvalue weighted by atomic mass is 9.70. The van der Waals surface area contributed by atoms with Crippen molar-refractivity contribution in [1.29, 1.82) is 0 Å². The van der Waals surface area contributed by atoms with Crippen molar-refractivity contribution in [1.82, 2.24) is 10.2 Å². The second-order valence-electron chi connectivity index (χ2n) is 9.46. The number of aliphatic hydroxyl groups is 1. The largest absolute Gasteiger partial charge is 0.494 e. The number of benzene rings is 1. The minimum Gasteiger partial charge on any atom is -0.494 e. The van der Waals surface area contributed by atoms with Gasteiger partial charge in [0, 0.05) is 18.3 Å². The minimum absolute atomic E-state index is 0.0264. The van der Waals surface area contributed by atoms with Crippen LogP contribution >= 0.6 is 0 Å². The highest BCUT2D eigenvalue weighted by molar-refractivity contribution is 6.02. The molecule has 0 radical (unpaired) electrons. The number of ether oxygens (including phenoxy) is 2. The van der Waals surface area contributed by atoms with Gasteiger partial charge in [-0.3, -0.25) is 14.4 Å². The molecule has 4 rings (SSSR count). The molecule has 0 saturated carbocycles. The van der Waals surface area contributed by atoms with Crippen LogP contribution in [0.25, 0.3) is 0 Å². The number of anilines is 1. The van der Waals surface area contributed by atoms with Crippen LogP contribution in [0.1, 0.15) is 46.5 Å². The number of fused-ring (bicyclic) bond motifs is 1. The van der Waals surface area contributed by atoms with Crippen molar-refractivity contribution in [2.75, 3.05) is 25.1 Å². The number of carbonyl (C=O) groups is 3. The SMILES string of the molecule is CCCC(C)NC(=O)C1N(CCO)C(=O)[C@@H]2[C@@H](C(=O)Nc3ccc(OCC)cc3)[C@H]3CCC12O3. The van der Waals surface area contributed by atoms with E-state index in [4.69, 9.17) is 9.47 Å². The molecule has 1 aromatic rings. The summed E-state index contributed by atoms with van der Waals surface area (Å²) >= 11 is 0. The van der Waals surface area contributed by atoms with Crippen molar-refractivity contribution in [3.05, 3.63) is 24.3 Å². The summed E-state index contributed by atoms with van der Waals surface area (Å²) in [5, 5.41) is 15.5. The highest BCUT2D eigenvalue weighted by atomic mass is 16.5. The van der Waals surface area contributed by atoms with Gasteiger partial charge in [0.1, 0.15) is 17.4 Å². The molecule has 9 heteroatoms. The van der Waals surface area contributed by atoms with Gasteiger partial charge in [-0.1, -0.05) is 13.3 Å². The van der Waals surface area contributed by atoms with Gasteiger partial charge in [0.2, 0.25) is 17.7 Å². The van der Waals surface area contributed by atoms with Crippen LogP contribution in [0.2, 0.25) is 0 Å². The van der Waals surface area contributed by atoms with Gasteiger partial charge in [-0.15, -0.1) is 0 Å². The van der Waals surface area contributed by atoms with E-state index in [1.54, 1.807) is 24.3 Å². The molecule has 0 aliphatic carbocycles. The van der Waals surface area contributed by atoms with Gasteiger partial charge in [-0.05, 0) is 57.4 Å². The van der Waals surface area contributed by atoms with Crippen LogP contribution in [0.5, 0.6) is 5.75 Å². The molecule has 3 unspecified atom stereocenters. The molecule has 3 aliphatic rings. The first-order valence-corrected chi connectivity index (χ1v) is 12.3. The maximum Gasteiger partial charge on any atom is 0.246 e. The summed E-state index contributed by atoms with van der Waals surface area (Å²) in [7, 11) is 0. The van der Waals surface area contributed by atoms with Crippen LogP contribution in [0.3, 0.4) is 0 Å². The zero-order valence-corrected chi connectivity index (χ0v) is 20.1. The number of nitrogens with one attached hydrogen (secondary N) is 2. The predicted molar refractivity (Wildman–Crippen MR) is 125 cm³/mol. The van der Waals surface area contributed by atoms with E-state index in [1.165, 1.54) is 4.90 Å². The Morgan fingerprint density at radius 1 is 1.26 bits per heavy atom. The number of β-amino-alcohol motifs (C(OH)–C–C–N with tert-alkyl or cyclic N) is 1. The molecule has 3 aliphatic heterocycles. The van der Waals surface area contributed by atoms with E-state index < -0.39 is 29.6 Å². The summed E-state index contributed by atoms with van der Waals surface area (Å²) in [4.78, 5) is 41.7. The van der Waals surface area contributed by atoms with Crippen molar-refractivity contribution in [2.24, 2.45) is 11.8 Å². The average Bonchev–Trinajstić information content (AvgIpc) is 3.43. The summed E-state index contributed by atoms with van der Waals surface area (Å²) in [6, 6.07) is 6.17. The number of hydrogen-bond acceptors (Lipinski definition) is 6. The number of rotatable bonds is 10. The number of nitrogens with zero attached hydrogens (tertiary/aromatic N) is 1. The number of carbonyl (C=O) groups excluding carboxylic acids is 3. The maximum atomic E-state index is 13.5. The van der Waals surface area contributed by atoms with E-state index in [9.17, 15) is 19.5 Å². The molecule has 0 aromatic heterocycles. The van der Waals surface area contributed by atoms with Crippen LogP contribution in [-0.2, 0) is 19.1 Å². The zero-order chi connectivity index (χ0) is 24.5. The van der Waals surface area contributed by atoms with Crippen LogP contribution in [0.4, 0.5) is 5.69 Å². The maximum absolute atomic E-state index is 13.5. The Balaban J connectivity index is 1.57. The molecule has 3 heterocycles. The lowest BCUT2D eigenvalue weighted by molar-refractivity contribution is -0.142. The van der Waals surface area contributed by atoms with E-state index in [1.807, 2.05) is 20.8 Å². The topological polar surface area (TPSA) is 117 Å². The molecule has 9 nitrogen and oxygen atoms in total. The quantitative estimate of drug-likeness (QED) is 0.476. The molecule has 3 N–H and O–H groups in total. The summed E-state index contributed by atoms with van der Waals surface area (Å²) in [5.74, 6) is -1.61. The van der Waals surface area contributed by atoms with Crippen molar-refractivity contribution in [2.45, 2.75) is 70.2 Å². The van der Waals surface area contributed by atoms with Gasteiger partial charge in [0.05, 0.1) is 31.2 Å². The molecule has 186 valence electrons. The van der Waals surface area contributed by atoms with Gasteiger partial charge < -0.3 is 30.1 Å². The first kappa shape index (κ1) is 24.5. The number of hydrogen-bond donors (Lipinski definition) is 3. The lowest BCUT2D eigenvalue weighted by Crippen LogP contribution is -2.56. The standard InChI is InChI=1S/C25H35N3O6/c1-4-6-15(3)26-23(31)21-25-12-11-18(34-25)19(20(25)24(32)28(21)13-14-29)22(30)27-16-7-9-17(10-8-16)33-5-2/h7-10,15,18-21,29H,4-6,11-14H2,1-3H3,(H,26,31)(H,27,30)/t15?,18-,19+,20+,21?,25?/m1/s1. The third-order valence-corrected chi connectivity index (χ3v) is 7.24. The van der Waals surface area contributed by atoms with Gasteiger partial charge in [0.25, 0.3) is 0 Å². The fourth-order valence-electron chi connectivity index (χ4n) is 5.96. The summed E-state index contributed by atoms with van der Waals surface area (Å²) in [6.45, 7) is 6.19. The highest BCUT2D eigenvalue weighted by Gasteiger charge is 2.74. The van der Waals surface area contributed by atoms with Crippen LogP contribution in [0, 0.1) is 11.8 Å². The monoisotopic (exact) mass is 473 g/mol. The number of aliphatic hydroxyl groups excluding tert-OH is 1. The highest BCUT2D eigenvalue weighted by Crippen LogP contribution is 2.58. The Morgan fingerprint density at radius 3 is 2.65 bits per heavy atom. The zero-order valence-electron chi connectivity index (χ0n) is 20.1. The Morgan fingerprint density at radius 2 is 2.00 bits per heavy atom. The van der Waals surface area contributed by atoms with E-state index in [0.717, 1.165) is 12.8 Å². The van der Waals surface area contributed by atoms with E-state index in [0.29, 0.717) is 30.9 Å². The van der Waals surface area contributed by atoms with E-state index in [2.05, 4.69) is 10.6 Å². The molecule has 1 aromatic carbocycles. The smallest absolute Gasteiger partial charge is 0.246 e. The predicted octanol–water partition coefficient (Wildman–Crippen LogP) is 1.70. The van der Waals surface area contributed by atoms with Crippen LogP contribution in [-0.4, -0.2) is 71.3 Å². The average molecular weight is 474 g/mol. The molecule has 3 fully saturated rings. The molecule has 3 amide bonds. The number of likely N-dealkylation sites (tertiary alicyclic amines) is 1. The third-order valence-electron chi connectivity index (χ3n) is 7.24. The molecule has 6 atom stereocenters. The van der Waals surface area contributed by atoms with Crippen molar-refractivity contribution < 1.29 is 29.0 Å². The fourth-order valence-corrected chi connectivity index (χ4v) is 5.96. The van der Waals surface area contributed by atoms with Gasteiger partial charge in [-0.25, -0.2) is 0 Å². The van der Waals surface area contributed by atoms with Crippen LogP contribution < -0.4 is 15.4 Å². The summed E-state index contributed by atoms with van der Waals surface area (Å²) < 4.78 is 11.8. The molecular formula is C25H35N3O6. The minimum atomic E-state index is -1.05. The second kappa shape index (κ2) is 9.92. The van der Waals surface area contributed by atoms with E-state index >= 15 is 0 Å². The van der Waals surface area contributed by atoms with Gasteiger partial charge in [0.15, 0.2) is 0 Å². The van der Waals surface area contributed by atoms with Crippen molar-refractivity contribution in [3.63, 3.8) is 0 Å². The van der Waals surface area contributed by atoms with Crippen LogP contribution in [0.15, 0.2) is 24.3 Å². The Kier molecular flexibility index (Phi) is 7.14. The first-order chi connectivity index (χ1) is 16.4. The molecule has 1 spiro atoms. The number of amides is 3. The second-order valence-corrected chi connectivity index (χ2v) is 9.46. The first-order valence-electron chi connectivity index (χ1n) is 12.3. The Labute approximate surface area is 200 Å². The summed E-state index contributed by atoms with van der Waals surface area (Å²) in [5.41, 5.74) is -0.445. The molecule has 34 heavy (non-hydrogen) atoms. The fraction of sp³-hybridized carbons (Fsp3) is 0.640. The normalized spacial score (nSPS) is 30.2. The van der Waals surface area contributed by atoms with Crippen molar-refractivity contribution in [3.8, 4) is 5.75 Å². The van der Waals surface area contributed by atoms with Gasteiger partial charge >= 0.3 is 0 Å². The molecule has 3 saturated heterocycles. The lowest BCUT2D eigenvalue weighted by Gasteiger charge is -2.34. The Hall–Kier alpha value is -2.65. The van der Waals surface area contributed by atoms with E-state index in [-0.39, 0.29) is 36.9 Å². The molecule has 2 bridgehead atoms. The molecular weight excluding hydrogens is 438 g/mol. The van der Waals surface area contributed by atoms with Crippen molar-refractivity contribution >= 4 is 23.4 Å². The Bertz CT molecular complexity index is 922. The van der Waals surface area contributed by atoms with Gasteiger partial charge in [-0.2, -0.15) is 0 Å². The summed E-state index contributed by atoms with van der Waals surface area (Å²) in [6.07, 6.45) is 2.46. The third kappa shape index (κ3) is 4.15.